The Bertz CT molecular complexity index is 3050. The lowest BCUT2D eigenvalue weighted by molar-refractivity contribution is -0.129. The first-order valence-electron chi connectivity index (χ1n) is 24.1. The van der Waals surface area contributed by atoms with Crippen molar-refractivity contribution >= 4 is 93.1 Å². The maximum atomic E-state index is 14.7. The van der Waals surface area contributed by atoms with Gasteiger partial charge in [-0.05, 0) is 116 Å². The van der Waals surface area contributed by atoms with E-state index >= 15 is 0 Å². The maximum absolute atomic E-state index is 14.7. The summed E-state index contributed by atoms with van der Waals surface area (Å²) in [4.78, 5) is 72.7. The van der Waals surface area contributed by atoms with Gasteiger partial charge in [-0.25, -0.2) is 18.7 Å². The zero-order valence-corrected chi connectivity index (χ0v) is 43.8. The van der Waals surface area contributed by atoms with Crippen LogP contribution in [0.25, 0.3) is 0 Å². The van der Waals surface area contributed by atoms with Gasteiger partial charge in [0.1, 0.15) is 21.7 Å². The molecule has 6 aromatic rings. The Kier molecular flexibility index (Phi) is 17.6. The fourth-order valence-electron chi connectivity index (χ4n) is 8.32. The standard InChI is InChI=1S/C27H31ClFN7O2.C26H28ClFN6O2/c1-4-30-26(38)20-6-5-7-22(29)24(20)33-25-21(28)15-31-27(34-25)32-19-9-8-17-10-12-36(13-11-18(17)14-19)16-23(37)35(2)3;1-5-34(24(36)16-7-6-8-17(28)13-16)32-23-20(27)15-29-25(31-23)30-18-9-10-21-19(14-18)26(2,3)12-11-22(35)33(21)4/h5-9,14-15H,4,10-13,16H2,1-3H3,(H,30,38)(H2,31,32,33,34);6-10,13-15H,5,11-12H2,1-4H3,(H2,29,30,31,32). The minimum atomic E-state index is -0.606. The predicted molar refractivity (Wildman–Crippen MR) is 286 cm³/mol. The van der Waals surface area contributed by atoms with Crippen LogP contribution in [-0.2, 0) is 27.8 Å². The Labute approximate surface area is 439 Å². The largest absolute Gasteiger partial charge is 0.352 e. The number of amides is 4. The Morgan fingerprint density at radius 3 is 2.11 bits per heavy atom. The van der Waals surface area contributed by atoms with Gasteiger partial charge in [0.15, 0.2) is 11.6 Å². The number of fused-ring (bicyclic) bond motifs is 2. The number of rotatable bonds is 14. The van der Waals surface area contributed by atoms with E-state index in [2.05, 4.69) is 77.5 Å². The second-order valence-corrected chi connectivity index (χ2v) is 19.3. The van der Waals surface area contributed by atoms with Crippen LogP contribution in [0, 0.1) is 11.6 Å². The van der Waals surface area contributed by atoms with E-state index in [1.807, 2.05) is 24.3 Å². The topological polar surface area (TPSA) is 193 Å². The van der Waals surface area contributed by atoms with Gasteiger partial charge in [0, 0.05) is 76.4 Å². The van der Waals surface area contributed by atoms with Gasteiger partial charge < -0.3 is 31.1 Å². The summed E-state index contributed by atoms with van der Waals surface area (Å²) in [5.74, 6) is -0.833. The second-order valence-electron chi connectivity index (χ2n) is 18.5. The van der Waals surface area contributed by atoms with Crippen molar-refractivity contribution in [1.82, 2.24) is 40.1 Å². The lowest BCUT2D eigenvalue weighted by atomic mass is 9.80. The van der Waals surface area contributed by atoms with Crippen LogP contribution >= 0.6 is 23.2 Å². The maximum Gasteiger partial charge on any atom is 0.272 e. The highest BCUT2D eigenvalue weighted by Crippen LogP contribution is 2.40. The molecule has 4 aromatic carbocycles. The fraction of sp³-hybridized carbons (Fsp3) is 0.321. The third-order valence-corrected chi connectivity index (χ3v) is 13.2. The SMILES string of the molecule is CCN(Nc1nc(Nc2ccc3c(c2)C(C)(C)CCC(=O)N3C)ncc1Cl)C(=O)c1cccc(F)c1.CCNC(=O)c1cccc(F)c1Nc1nc(Nc2ccc3c(c2)CCN(CC(=O)N(C)C)CC3)ncc1Cl. The minimum Gasteiger partial charge on any atom is -0.352 e. The number of hydrogen-bond acceptors (Lipinski definition) is 13. The Hall–Kier alpha value is -7.48. The van der Waals surface area contributed by atoms with E-state index < -0.39 is 23.4 Å². The smallest absolute Gasteiger partial charge is 0.272 e. The molecule has 0 spiro atoms. The molecule has 17 nitrogen and oxygen atoms in total. The molecule has 2 aliphatic rings. The van der Waals surface area contributed by atoms with Gasteiger partial charge >= 0.3 is 0 Å². The molecule has 4 amide bonds. The number of carbonyl (C=O) groups is 4. The molecule has 2 aromatic heterocycles. The third kappa shape index (κ3) is 13.4. The summed E-state index contributed by atoms with van der Waals surface area (Å²) in [5.41, 5.74) is 8.95. The Balaban J connectivity index is 0.000000217. The molecular weight excluding hydrogens is 992 g/mol. The number of likely N-dealkylation sites (N-methyl/N-ethyl adjacent to an activating group) is 1. The molecule has 0 saturated heterocycles. The normalized spacial score (nSPS) is 13.9. The molecule has 21 heteroatoms. The number of nitrogens with zero attached hydrogens (tertiary/aromatic N) is 8. The number of benzene rings is 4. The van der Waals surface area contributed by atoms with Crippen molar-refractivity contribution in [3.63, 3.8) is 0 Å². The Morgan fingerprint density at radius 2 is 1.43 bits per heavy atom. The van der Waals surface area contributed by atoms with Gasteiger partial charge in [-0.2, -0.15) is 9.97 Å². The van der Waals surface area contributed by atoms with E-state index in [1.165, 1.54) is 71.0 Å². The van der Waals surface area contributed by atoms with Crippen molar-refractivity contribution in [2.24, 2.45) is 0 Å². The molecule has 0 aliphatic carbocycles. The van der Waals surface area contributed by atoms with Crippen LogP contribution in [0.4, 0.5) is 55.1 Å². The lowest BCUT2D eigenvalue weighted by Gasteiger charge is -2.27. The number of anilines is 8. The van der Waals surface area contributed by atoms with Crippen molar-refractivity contribution in [2.75, 3.05) is 80.1 Å². The zero-order valence-electron chi connectivity index (χ0n) is 42.2. The summed E-state index contributed by atoms with van der Waals surface area (Å²) in [5, 5.41) is 13.6. The highest BCUT2D eigenvalue weighted by atomic mass is 35.5. The summed E-state index contributed by atoms with van der Waals surface area (Å²) in [6.07, 6.45) is 5.74. The summed E-state index contributed by atoms with van der Waals surface area (Å²) in [6.45, 7) is 10.5. The summed E-state index contributed by atoms with van der Waals surface area (Å²) in [6, 6.07) is 21.6. The Morgan fingerprint density at radius 1 is 0.784 bits per heavy atom. The number of hydrazine groups is 1. The molecule has 0 unspecified atom stereocenters. The number of hydrogen-bond donors (Lipinski definition) is 5. The molecule has 5 N–H and O–H groups in total. The number of carbonyl (C=O) groups excluding carboxylic acids is 4. The van der Waals surface area contributed by atoms with Crippen molar-refractivity contribution in [3.05, 3.63) is 141 Å². The van der Waals surface area contributed by atoms with Gasteiger partial charge in [0.2, 0.25) is 23.7 Å². The minimum absolute atomic E-state index is 0.0210. The summed E-state index contributed by atoms with van der Waals surface area (Å²) >= 11 is 12.6. The van der Waals surface area contributed by atoms with Gasteiger partial charge in [-0.1, -0.05) is 55.2 Å². The third-order valence-electron chi connectivity index (χ3n) is 12.6. The molecule has 8 rings (SSSR count). The lowest BCUT2D eigenvalue weighted by Crippen LogP contribution is -2.37. The molecule has 0 atom stereocenters. The van der Waals surface area contributed by atoms with Crippen LogP contribution in [-0.4, -0.2) is 112 Å². The first-order chi connectivity index (χ1) is 35.3. The number of halogens is 4. The fourth-order valence-corrected chi connectivity index (χ4v) is 8.59. The van der Waals surface area contributed by atoms with E-state index in [0.29, 0.717) is 19.5 Å². The van der Waals surface area contributed by atoms with Crippen LogP contribution < -0.4 is 31.6 Å². The van der Waals surface area contributed by atoms with E-state index in [0.717, 1.165) is 55.0 Å². The highest BCUT2D eigenvalue weighted by Gasteiger charge is 2.32. The monoisotopic (exact) mass is 1050 g/mol. The van der Waals surface area contributed by atoms with E-state index in [9.17, 15) is 28.0 Å². The second kappa shape index (κ2) is 24.0. The molecule has 0 bridgehead atoms. The molecule has 0 saturated carbocycles. The van der Waals surface area contributed by atoms with Crippen LogP contribution in [0.2, 0.25) is 10.0 Å². The number of para-hydroxylation sites is 1. The quantitative estimate of drug-likeness (QED) is 0.0649. The number of aromatic nitrogens is 4. The van der Waals surface area contributed by atoms with Crippen molar-refractivity contribution in [1.29, 1.82) is 0 Å². The van der Waals surface area contributed by atoms with Crippen molar-refractivity contribution < 1.29 is 28.0 Å². The van der Waals surface area contributed by atoms with Crippen LogP contribution in [0.5, 0.6) is 0 Å². The van der Waals surface area contributed by atoms with Gasteiger partial charge in [-0.15, -0.1) is 0 Å². The molecule has 4 heterocycles. The molecule has 0 fully saturated rings. The van der Waals surface area contributed by atoms with Gasteiger partial charge in [0.25, 0.3) is 11.8 Å². The van der Waals surface area contributed by atoms with E-state index in [-0.39, 0.29) is 74.2 Å². The molecule has 388 valence electrons. The van der Waals surface area contributed by atoms with Crippen molar-refractivity contribution in [2.45, 2.75) is 58.8 Å². The van der Waals surface area contributed by atoms with Gasteiger partial charge in [0.05, 0.1) is 30.2 Å². The average Bonchev–Trinajstić information content (AvgIpc) is 3.62. The van der Waals surface area contributed by atoms with Gasteiger partial charge in [-0.3, -0.25) is 34.5 Å². The average molecular weight is 1050 g/mol. The molecular formula is C53H59Cl2F2N13O4. The van der Waals surface area contributed by atoms with Crippen molar-refractivity contribution in [3.8, 4) is 0 Å². The number of nitrogens with one attached hydrogen (secondary N) is 5. The van der Waals surface area contributed by atoms with Crippen LogP contribution in [0.1, 0.15) is 77.9 Å². The molecule has 0 radical (unpaired) electrons. The van der Waals surface area contributed by atoms with E-state index in [4.69, 9.17) is 23.2 Å². The first kappa shape index (κ1) is 54.3. The zero-order chi connectivity index (χ0) is 53.3. The predicted octanol–water partition coefficient (Wildman–Crippen LogP) is 9.53. The highest BCUT2D eigenvalue weighted by molar-refractivity contribution is 6.33. The summed E-state index contributed by atoms with van der Waals surface area (Å²) < 4.78 is 28.3. The summed E-state index contributed by atoms with van der Waals surface area (Å²) in [7, 11) is 5.33. The van der Waals surface area contributed by atoms with Crippen LogP contribution in [0.15, 0.2) is 91.3 Å². The first-order valence-corrected chi connectivity index (χ1v) is 24.8. The van der Waals surface area contributed by atoms with Crippen LogP contribution in [0.3, 0.4) is 0 Å². The van der Waals surface area contributed by atoms with E-state index in [1.54, 1.807) is 44.8 Å². The molecule has 74 heavy (non-hydrogen) atoms. The molecule has 2 aliphatic heterocycles.